The smallest absolute Gasteiger partial charge is 0.462 e. The third-order valence-electron chi connectivity index (χ3n) is 2.58. The van der Waals surface area contributed by atoms with E-state index in [1.165, 1.54) is 32.4 Å². The van der Waals surface area contributed by atoms with Gasteiger partial charge in [0, 0.05) is 0 Å². The van der Waals surface area contributed by atoms with Crippen molar-refractivity contribution in [3.63, 3.8) is 0 Å². The van der Waals surface area contributed by atoms with Crippen molar-refractivity contribution in [3.05, 3.63) is 23.8 Å². The van der Waals surface area contributed by atoms with Crippen molar-refractivity contribution in [2.45, 2.75) is 18.1 Å². The van der Waals surface area contributed by atoms with Crippen molar-refractivity contribution in [3.8, 4) is 11.5 Å². The molecule has 1 aromatic carbocycles. The molecule has 0 aliphatic rings. The highest BCUT2D eigenvalue weighted by atomic mass is 19.4. The summed E-state index contributed by atoms with van der Waals surface area (Å²) in [6.07, 6.45) is -5.80. The van der Waals surface area contributed by atoms with Gasteiger partial charge in [-0.15, -0.1) is 0 Å². The first-order valence-corrected chi connectivity index (χ1v) is 5.81. The number of alkyl halides is 7. The number of hydrogen-bond donors (Lipinski definition) is 1. The van der Waals surface area contributed by atoms with E-state index in [-0.39, 0.29) is 11.3 Å². The Morgan fingerprint density at radius 2 is 1.52 bits per heavy atom. The van der Waals surface area contributed by atoms with E-state index in [2.05, 4.69) is 5.10 Å². The molecule has 0 fully saturated rings. The maximum Gasteiger partial charge on any atom is 0.462 e. The van der Waals surface area contributed by atoms with Crippen LogP contribution in [0.5, 0.6) is 11.5 Å². The second kappa shape index (κ2) is 6.50. The summed E-state index contributed by atoms with van der Waals surface area (Å²) in [7, 11) is 2.63. The van der Waals surface area contributed by atoms with Crippen LogP contribution in [0.15, 0.2) is 23.3 Å². The van der Waals surface area contributed by atoms with E-state index in [1.54, 1.807) is 0 Å². The lowest BCUT2D eigenvalue weighted by atomic mass is 10.2. The molecule has 130 valence electrons. The molecule has 0 aliphatic carbocycles. The lowest BCUT2D eigenvalue weighted by molar-refractivity contribution is -0.361. The van der Waals surface area contributed by atoms with Crippen molar-refractivity contribution in [1.29, 1.82) is 0 Å². The van der Waals surface area contributed by atoms with Crippen LogP contribution in [-0.4, -0.2) is 38.6 Å². The fraction of sp³-hybridized carbons (Fsp3) is 0.417. The van der Waals surface area contributed by atoms with E-state index < -0.39 is 18.1 Å². The zero-order valence-electron chi connectivity index (χ0n) is 11.7. The molecule has 1 rings (SSSR count). The van der Waals surface area contributed by atoms with Crippen molar-refractivity contribution in [2.75, 3.05) is 14.2 Å². The average Bonchev–Trinajstić information content (AvgIpc) is 2.45. The van der Waals surface area contributed by atoms with Gasteiger partial charge in [-0.3, -0.25) is 0 Å². The second-order valence-corrected chi connectivity index (χ2v) is 4.13. The minimum Gasteiger partial charge on any atom is -0.493 e. The van der Waals surface area contributed by atoms with Gasteiger partial charge in [-0.05, 0) is 23.8 Å². The Balaban J connectivity index is 2.91. The third-order valence-corrected chi connectivity index (χ3v) is 2.58. The molecule has 4 nitrogen and oxygen atoms in total. The fourth-order valence-electron chi connectivity index (χ4n) is 1.37. The minimum absolute atomic E-state index is 0.0984. The van der Waals surface area contributed by atoms with Gasteiger partial charge in [0.15, 0.2) is 11.5 Å². The van der Waals surface area contributed by atoms with Crippen LogP contribution in [0.3, 0.4) is 0 Å². The Morgan fingerprint density at radius 3 is 2.00 bits per heavy atom. The monoisotopic (exact) mass is 348 g/mol. The zero-order chi connectivity index (χ0) is 17.9. The van der Waals surface area contributed by atoms with Crippen LogP contribution < -0.4 is 14.9 Å². The molecular formula is C12H11F7N2O2. The van der Waals surface area contributed by atoms with Gasteiger partial charge in [0.25, 0.3) is 0 Å². The van der Waals surface area contributed by atoms with Gasteiger partial charge in [0.05, 0.1) is 20.4 Å². The molecule has 11 heteroatoms. The van der Waals surface area contributed by atoms with E-state index in [9.17, 15) is 30.7 Å². The van der Waals surface area contributed by atoms with Gasteiger partial charge in [0.1, 0.15) is 0 Å². The number of ether oxygens (including phenoxy) is 2. The van der Waals surface area contributed by atoms with Crippen LogP contribution in [0, 0.1) is 0 Å². The van der Waals surface area contributed by atoms with E-state index in [1.807, 2.05) is 0 Å². The van der Waals surface area contributed by atoms with Crippen molar-refractivity contribution < 1.29 is 40.2 Å². The normalized spacial score (nSPS) is 13.3. The van der Waals surface area contributed by atoms with E-state index in [0.717, 1.165) is 0 Å². The summed E-state index contributed by atoms with van der Waals surface area (Å²) in [6.45, 7) is 0. The molecule has 0 unspecified atom stereocenters. The summed E-state index contributed by atoms with van der Waals surface area (Å²) in [5.41, 5.74) is 0.613. The molecule has 1 N–H and O–H groups in total. The van der Waals surface area contributed by atoms with Gasteiger partial charge in [-0.1, -0.05) is 0 Å². The van der Waals surface area contributed by atoms with Crippen LogP contribution in [0.1, 0.15) is 5.56 Å². The Morgan fingerprint density at radius 1 is 0.957 bits per heavy atom. The standard InChI is InChI=1S/C12H11F7N2O2/c1-22-8-4-3-7(5-9(8)23-2)6-20-21-12(18,19)10(13,14)11(15,16)17/h3-6,21H,1-2H3/b20-6+. The number of hydrazone groups is 1. The third kappa shape index (κ3) is 3.96. The Labute approximate surface area is 125 Å². The minimum atomic E-state index is -6.43. The van der Waals surface area contributed by atoms with Crippen molar-refractivity contribution >= 4 is 6.21 Å². The number of hydrogen-bond acceptors (Lipinski definition) is 4. The largest absolute Gasteiger partial charge is 0.493 e. The van der Waals surface area contributed by atoms with E-state index >= 15 is 0 Å². The molecule has 0 atom stereocenters. The van der Waals surface area contributed by atoms with Gasteiger partial charge < -0.3 is 9.47 Å². The van der Waals surface area contributed by atoms with Gasteiger partial charge >= 0.3 is 18.1 Å². The first-order chi connectivity index (χ1) is 10.5. The average molecular weight is 348 g/mol. The fourth-order valence-corrected chi connectivity index (χ4v) is 1.37. The predicted molar refractivity (Wildman–Crippen MR) is 66.2 cm³/mol. The summed E-state index contributed by atoms with van der Waals surface area (Å²) in [5, 5.41) is 2.72. The zero-order valence-corrected chi connectivity index (χ0v) is 11.7. The molecular weight excluding hydrogens is 337 g/mol. The molecule has 0 heterocycles. The number of benzene rings is 1. The van der Waals surface area contributed by atoms with E-state index in [0.29, 0.717) is 17.4 Å². The summed E-state index contributed by atoms with van der Waals surface area (Å²) in [5.74, 6) is -5.80. The van der Waals surface area contributed by atoms with Crippen LogP contribution in [-0.2, 0) is 0 Å². The molecule has 0 saturated heterocycles. The molecule has 0 radical (unpaired) electrons. The Bertz CT molecular complexity index is 573. The maximum absolute atomic E-state index is 12.9. The molecule has 0 saturated carbocycles. The van der Waals surface area contributed by atoms with E-state index in [4.69, 9.17) is 9.47 Å². The van der Waals surface area contributed by atoms with Crippen molar-refractivity contribution in [2.24, 2.45) is 5.10 Å². The molecule has 0 amide bonds. The lowest BCUT2D eigenvalue weighted by Crippen LogP contribution is -2.58. The lowest BCUT2D eigenvalue weighted by Gasteiger charge is -2.27. The molecule has 0 bridgehead atoms. The topological polar surface area (TPSA) is 42.8 Å². The van der Waals surface area contributed by atoms with Crippen LogP contribution in [0.4, 0.5) is 30.7 Å². The molecule has 0 aliphatic heterocycles. The maximum atomic E-state index is 12.9. The van der Waals surface area contributed by atoms with Crippen LogP contribution >= 0.6 is 0 Å². The second-order valence-electron chi connectivity index (χ2n) is 4.13. The quantitative estimate of drug-likeness (QED) is 0.371. The van der Waals surface area contributed by atoms with Crippen LogP contribution in [0.25, 0.3) is 0 Å². The predicted octanol–water partition coefficient (Wildman–Crippen LogP) is 3.42. The summed E-state index contributed by atoms with van der Waals surface area (Å²) < 4.78 is 96.6. The Hall–Kier alpha value is -2.20. The molecule has 0 spiro atoms. The summed E-state index contributed by atoms with van der Waals surface area (Å²) in [4.78, 5) is 0. The first kappa shape index (κ1) is 18.8. The number of nitrogens with one attached hydrogen (secondary N) is 1. The van der Waals surface area contributed by atoms with Gasteiger partial charge in [-0.2, -0.15) is 35.8 Å². The number of rotatable bonds is 6. The number of halogens is 7. The highest BCUT2D eigenvalue weighted by Gasteiger charge is 2.73. The number of nitrogens with zero attached hydrogens (tertiary/aromatic N) is 1. The highest BCUT2D eigenvalue weighted by Crippen LogP contribution is 2.44. The molecule has 0 aromatic heterocycles. The van der Waals surface area contributed by atoms with Crippen LogP contribution in [0.2, 0.25) is 0 Å². The highest BCUT2D eigenvalue weighted by molar-refractivity contribution is 5.80. The summed E-state index contributed by atoms with van der Waals surface area (Å²) >= 11 is 0. The summed E-state index contributed by atoms with van der Waals surface area (Å²) in [6, 6.07) is -1.70. The Kier molecular flexibility index (Phi) is 5.33. The SMILES string of the molecule is COc1ccc(/C=N/NC(F)(F)C(F)(F)C(F)(F)F)cc1OC. The van der Waals surface area contributed by atoms with Gasteiger partial charge in [-0.25, -0.2) is 5.43 Å². The molecule has 1 aromatic rings. The van der Waals surface area contributed by atoms with Gasteiger partial charge in [0.2, 0.25) is 0 Å². The van der Waals surface area contributed by atoms with Crippen molar-refractivity contribution in [1.82, 2.24) is 5.43 Å². The number of methoxy groups -OCH3 is 2. The molecule has 23 heavy (non-hydrogen) atoms. The first-order valence-electron chi connectivity index (χ1n) is 5.81.